The number of fused-ring (bicyclic) bond motifs is 3. The Labute approximate surface area is 150 Å². The Morgan fingerprint density at radius 1 is 0.880 bits per heavy atom. The van der Waals surface area contributed by atoms with Crippen LogP contribution in [0.15, 0.2) is 73.1 Å². The lowest BCUT2D eigenvalue weighted by Gasteiger charge is -2.13. The van der Waals surface area contributed by atoms with Gasteiger partial charge in [0.2, 0.25) is 0 Å². The van der Waals surface area contributed by atoms with Crippen molar-refractivity contribution >= 4 is 44.8 Å². The van der Waals surface area contributed by atoms with Gasteiger partial charge in [0.05, 0.1) is 16.7 Å². The van der Waals surface area contributed by atoms with Crippen molar-refractivity contribution in [2.24, 2.45) is 0 Å². The smallest absolute Gasteiger partial charge is 0.171 e. The molecule has 2 aromatic carbocycles. The first kappa shape index (κ1) is 15.5. The summed E-state index contributed by atoms with van der Waals surface area (Å²) >= 11 is 5.46. The summed E-state index contributed by atoms with van der Waals surface area (Å²) in [6.07, 6.45) is 3.58. The van der Waals surface area contributed by atoms with Gasteiger partial charge in [-0.15, -0.1) is 0 Å². The Morgan fingerprint density at radius 3 is 2.48 bits per heavy atom. The van der Waals surface area contributed by atoms with Crippen LogP contribution in [0.4, 0.5) is 5.69 Å². The molecule has 2 heterocycles. The van der Waals surface area contributed by atoms with Gasteiger partial charge in [-0.05, 0) is 42.0 Å². The van der Waals surface area contributed by atoms with Gasteiger partial charge < -0.3 is 10.6 Å². The van der Waals surface area contributed by atoms with Gasteiger partial charge in [0, 0.05) is 29.7 Å². The van der Waals surface area contributed by atoms with Crippen LogP contribution in [-0.2, 0) is 6.54 Å². The molecule has 25 heavy (non-hydrogen) atoms. The van der Waals surface area contributed by atoms with Gasteiger partial charge in [0.1, 0.15) is 0 Å². The summed E-state index contributed by atoms with van der Waals surface area (Å²) in [6.45, 7) is 0.674. The molecule has 0 bridgehead atoms. The van der Waals surface area contributed by atoms with Crippen LogP contribution in [-0.4, -0.2) is 15.1 Å². The van der Waals surface area contributed by atoms with Crippen molar-refractivity contribution in [2.45, 2.75) is 6.54 Å². The topological polar surface area (TPSA) is 49.8 Å². The minimum absolute atomic E-state index is 0.569. The van der Waals surface area contributed by atoms with E-state index in [0.29, 0.717) is 11.7 Å². The summed E-state index contributed by atoms with van der Waals surface area (Å²) in [7, 11) is 0. The predicted molar refractivity (Wildman–Crippen MR) is 107 cm³/mol. The molecule has 0 atom stereocenters. The summed E-state index contributed by atoms with van der Waals surface area (Å²) in [4.78, 5) is 9.00. The van der Waals surface area contributed by atoms with Gasteiger partial charge in [0.15, 0.2) is 5.11 Å². The highest BCUT2D eigenvalue weighted by Gasteiger charge is 2.09. The lowest BCUT2D eigenvalue weighted by atomic mass is 10.1. The van der Waals surface area contributed by atoms with Crippen molar-refractivity contribution in [3.8, 4) is 0 Å². The molecule has 0 aliphatic rings. The van der Waals surface area contributed by atoms with Crippen LogP contribution < -0.4 is 10.6 Å². The SMILES string of the molecule is S=C(NCc1ccccc1)Nc1cc2cccnc2c2cccnc12. The van der Waals surface area contributed by atoms with Crippen LogP contribution in [0.1, 0.15) is 5.56 Å². The number of hydrogen-bond acceptors (Lipinski definition) is 3. The number of pyridine rings is 2. The lowest BCUT2D eigenvalue weighted by molar-refractivity contribution is 0.926. The van der Waals surface area contributed by atoms with E-state index in [4.69, 9.17) is 12.2 Å². The maximum Gasteiger partial charge on any atom is 0.171 e. The van der Waals surface area contributed by atoms with E-state index >= 15 is 0 Å². The van der Waals surface area contributed by atoms with E-state index < -0.39 is 0 Å². The lowest BCUT2D eigenvalue weighted by Crippen LogP contribution is -2.28. The molecule has 0 spiro atoms. The quantitative estimate of drug-likeness (QED) is 0.429. The Morgan fingerprint density at radius 2 is 1.64 bits per heavy atom. The standard InChI is InChI=1S/C20H16N4S/c25-20(23-13-14-6-2-1-3-7-14)24-17-12-15-8-4-10-21-18(15)16-9-5-11-22-19(16)17/h1-12H,13H2,(H2,23,24,25). The number of rotatable bonds is 3. The van der Waals surface area contributed by atoms with E-state index in [0.717, 1.165) is 27.5 Å². The molecule has 0 saturated carbocycles. The zero-order valence-electron chi connectivity index (χ0n) is 13.4. The van der Waals surface area contributed by atoms with Crippen LogP contribution in [0.2, 0.25) is 0 Å². The molecular formula is C20H16N4S. The molecule has 0 saturated heterocycles. The summed E-state index contributed by atoms with van der Waals surface area (Å²) in [5.41, 5.74) is 3.86. The molecule has 0 amide bonds. The maximum absolute atomic E-state index is 5.46. The number of aromatic nitrogens is 2. The first-order valence-electron chi connectivity index (χ1n) is 8.02. The Hall–Kier alpha value is -3.05. The van der Waals surface area contributed by atoms with Crippen molar-refractivity contribution in [3.63, 3.8) is 0 Å². The molecule has 2 N–H and O–H groups in total. The molecular weight excluding hydrogens is 328 g/mol. The first-order chi connectivity index (χ1) is 12.3. The molecule has 0 radical (unpaired) electrons. The molecule has 4 aromatic rings. The third kappa shape index (κ3) is 3.27. The fourth-order valence-corrected chi connectivity index (χ4v) is 3.02. The van der Waals surface area contributed by atoms with E-state index in [1.165, 1.54) is 5.56 Å². The van der Waals surface area contributed by atoms with E-state index in [2.05, 4.69) is 32.7 Å². The third-order valence-corrected chi connectivity index (χ3v) is 4.25. The fraction of sp³-hybridized carbons (Fsp3) is 0.0500. The van der Waals surface area contributed by atoms with Gasteiger partial charge in [-0.25, -0.2) is 0 Å². The normalized spacial score (nSPS) is 10.7. The van der Waals surface area contributed by atoms with Gasteiger partial charge in [-0.2, -0.15) is 0 Å². The van der Waals surface area contributed by atoms with Crippen LogP contribution in [0.3, 0.4) is 0 Å². The second-order valence-corrected chi connectivity index (χ2v) is 6.10. The Bertz CT molecular complexity index is 1050. The Balaban J connectivity index is 1.63. The Kier molecular flexibility index (Phi) is 4.23. The first-order valence-corrected chi connectivity index (χ1v) is 8.43. The fourth-order valence-electron chi connectivity index (χ4n) is 2.83. The highest BCUT2D eigenvalue weighted by molar-refractivity contribution is 7.80. The van der Waals surface area contributed by atoms with Crippen molar-refractivity contribution < 1.29 is 0 Å². The molecule has 5 heteroatoms. The number of nitrogens with one attached hydrogen (secondary N) is 2. The molecule has 2 aromatic heterocycles. The second kappa shape index (κ2) is 6.83. The molecule has 0 fully saturated rings. The molecule has 0 unspecified atom stereocenters. The molecule has 0 aliphatic heterocycles. The van der Waals surface area contributed by atoms with Crippen LogP contribution in [0.25, 0.3) is 21.8 Å². The van der Waals surface area contributed by atoms with Gasteiger partial charge in [-0.1, -0.05) is 36.4 Å². The molecule has 0 aliphatic carbocycles. The summed E-state index contributed by atoms with van der Waals surface area (Å²) in [6, 6.07) is 20.1. The second-order valence-electron chi connectivity index (χ2n) is 5.69. The van der Waals surface area contributed by atoms with Crippen LogP contribution in [0, 0.1) is 0 Å². The van der Waals surface area contributed by atoms with Gasteiger partial charge in [-0.3, -0.25) is 9.97 Å². The number of hydrogen-bond donors (Lipinski definition) is 2. The zero-order valence-corrected chi connectivity index (χ0v) is 14.3. The van der Waals surface area contributed by atoms with Crippen LogP contribution in [0.5, 0.6) is 0 Å². The third-order valence-electron chi connectivity index (χ3n) is 4.00. The molecule has 4 nitrogen and oxygen atoms in total. The van der Waals surface area contributed by atoms with E-state index in [9.17, 15) is 0 Å². The summed E-state index contributed by atoms with van der Waals surface area (Å²) in [5.74, 6) is 0. The highest BCUT2D eigenvalue weighted by atomic mass is 32.1. The predicted octanol–water partition coefficient (Wildman–Crippen LogP) is 4.27. The van der Waals surface area contributed by atoms with Crippen molar-refractivity contribution in [1.82, 2.24) is 15.3 Å². The summed E-state index contributed by atoms with van der Waals surface area (Å²) < 4.78 is 0. The van der Waals surface area contributed by atoms with Crippen molar-refractivity contribution in [3.05, 3.63) is 78.6 Å². The number of anilines is 1. The monoisotopic (exact) mass is 344 g/mol. The van der Waals surface area contributed by atoms with E-state index in [1.54, 1.807) is 12.4 Å². The summed E-state index contributed by atoms with van der Waals surface area (Å²) in [5, 5.41) is 9.14. The minimum atomic E-state index is 0.569. The minimum Gasteiger partial charge on any atom is -0.358 e. The number of thiocarbonyl (C=S) groups is 1. The van der Waals surface area contributed by atoms with Crippen molar-refractivity contribution in [2.75, 3.05) is 5.32 Å². The van der Waals surface area contributed by atoms with Gasteiger partial charge in [0.25, 0.3) is 0 Å². The van der Waals surface area contributed by atoms with Crippen LogP contribution >= 0.6 is 12.2 Å². The largest absolute Gasteiger partial charge is 0.358 e. The molecule has 122 valence electrons. The molecule has 4 rings (SSSR count). The zero-order chi connectivity index (χ0) is 17.1. The highest BCUT2D eigenvalue weighted by Crippen LogP contribution is 2.28. The number of nitrogens with zero attached hydrogens (tertiary/aromatic N) is 2. The maximum atomic E-state index is 5.46. The average Bonchev–Trinajstić information content (AvgIpc) is 2.67. The van der Waals surface area contributed by atoms with Gasteiger partial charge >= 0.3 is 0 Å². The van der Waals surface area contributed by atoms with E-state index in [1.807, 2.05) is 48.5 Å². The van der Waals surface area contributed by atoms with Crippen molar-refractivity contribution in [1.29, 1.82) is 0 Å². The average molecular weight is 344 g/mol. The van der Waals surface area contributed by atoms with E-state index in [-0.39, 0.29) is 0 Å². The number of benzene rings is 2.